The molecule has 3 rings (SSSR count). The van der Waals surface area contributed by atoms with Gasteiger partial charge in [0.15, 0.2) is 5.69 Å². The van der Waals surface area contributed by atoms with Gasteiger partial charge in [0.2, 0.25) is 0 Å². The van der Waals surface area contributed by atoms with Crippen LogP contribution in [0, 0.1) is 0 Å². The number of imide groups is 1. The summed E-state index contributed by atoms with van der Waals surface area (Å²) in [5, 5.41) is 3.98. The van der Waals surface area contributed by atoms with E-state index >= 15 is 0 Å². The molecule has 0 fully saturated rings. The average Bonchev–Trinajstić information content (AvgIpc) is 2.82. The van der Waals surface area contributed by atoms with Crippen molar-refractivity contribution in [3.63, 3.8) is 0 Å². The highest BCUT2D eigenvalue weighted by Gasteiger charge is 2.39. The Kier molecular flexibility index (Phi) is 3.90. The largest absolute Gasteiger partial charge is 0.383 e. The molecular weight excluding hydrogens is 321 g/mol. The molecule has 0 bridgehead atoms. The summed E-state index contributed by atoms with van der Waals surface area (Å²) in [5.41, 5.74) is -0.694. The fourth-order valence-corrected chi connectivity index (χ4v) is 2.18. The van der Waals surface area contributed by atoms with Crippen molar-refractivity contribution in [3.05, 3.63) is 63.6 Å². The van der Waals surface area contributed by atoms with Crippen LogP contribution in [0.1, 0.15) is 31.2 Å². The quantitative estimate of drug-likeness (QED) is 0.760. The second kappa shape index (κ2) is 6.03. The summed E-state index contributed by atoms with van der Waals surface area (Å²) in [4.78, 5) is 52.5. The van der Waals surface area contributed by atoms with Gasteiger partial charge >= 0.3 is 5.97 Å². The molecule has 9 heteroatoms. The maximum Gasteiger partial charge on any atom is 0.383 e. The average molecular weight is 331 g/mol. The molecule has 0 N–H and O–H groups in total. The Morgan fingerprint density at radius 1 is 1.04 bits per heavy atom. The first-order valence-corrected chi connectivity index (χ1v) is 6.87. The highest BCUT2D eigenvalue weighted by molar-refractivity contribution is 6.21. The number of hydrogen-bond donors (Lipinski definition) is 0. The number of rotatable bonds is 4. The summed E-state index contributed by atoms with van der Waals surface area (Å²) in [5.74, 6) is -2.67. The second-order valence-electron chi connectivity index (χ2n) is 4.80. The predicted molar refractivity (Wildman–Crippen MR) is 76.8 cm³/mol. The van der Waals surface area contributed by atoms with Crippen molar-refractivity contribution in [2.24, 2.45) is 0 Å². The lowest BCUT2D eigenvalue weighted by Gasteiger charge is -2.12. The number of carbonyl (C=O) groups is 3. The number of aromatic nitrogens is 2. The Hall–Kier alpha value is -3.36. The minimum absolute atomic E-state index is 0.116. The van der Waals surface area contributed by atoms with E-state index in [4.69, 9.17) is 4.84 Å². The number of alkyl halides is 1. The molecule has 0 radical (unpaired) electrons. The SMILES string of the molecule is O=C(ON1C(=O)c2ccccc2C1=O)c1ccc(=O)n(CCF)n1. The summed E-state index contributed by atoms with van der Waals surface area (Å²) in [6.07, 6.45) is 0. The van der Waals surface area contributed by atoms with E-state index in [1.165, 1.54) is 12.1 Å². The molecule has 1 aromatic heterocycles. The van der Waals surface area contributed by atoms with E-state index in [1.54, 1.807) is 12.1 Å². The Morgan fingerprint density at radius 3 is 2.25 bits per heavy atom. The van der Waals surface area contributed by atoms with E-state index in [-0.39, 0.29) is 23.4 Å². The van der Waals surface area contributed by atoms with Gasteiger partial charge in [-0.3, -0.25) is 14.4 Å². The van der Waals surface area contributed by atoms with Crippen molar-refractivity contribution in [2.75, 3.05) is 6.67 Å². The number of fused-ring (bicyclic) bond motifs is 1. The highest BCUT2D eigenvalue weighted by Crippen LogP contribution is 2.23. The van der Waals surface area contributed by atoms with Gasteiger partial charge in [0.05, 0.1) is 17.7 Å². The minimum atomic E-state index is -1.11. The topological polar surface area (TPSA) is 98.6 Å². The van der Waals surface area contributed by atoms with Crippen LogP contribution in [-0.4, -0.2) is 39.3 Å². The number of carbonyl (C=O) groups excluding carboxylic acids is 3. The Morgan fingerprint density at radius 2 is 1.67 bits per heavy atom. The molecule has 1 aromatic carbocycles. The van der Waals surface area contributed by atoms with E-state index in [2.05, 4.69) is 5.10 Å². The third-order valence-electron chi connectivity index (χ3n) is 3.30. The monoisotopic (exact) mass is 331 g/mol. The lowest BCUT2D eigenvalue weighted by atomic mass is 10.1. The van der Waals surface area contributed by atoms with Crippen LogP contribution >= 0.6 is 0 Å². The first kappa shape index (κ1) is 15.5. The van der Waals surface area contributed by atoms with Crippen LogP contribution in [0.15, 0.2) is 41.2 Å². The summed E-state index contributed by atoms with van der Waals surface area (Å²) >= 11 is 0. The van der Waals surface area contributed by atoms with E-state index in [0.717, 1.165) is 16.8 Å². The van der Waals surface area contributed by atoms with E-state index in [9.17, 15) is 23.6 Å². The fraction of sp³-hybridized carbons (Fsp3) is 0.133. The summed E-state index contributed by atoms with van der Waals surface area (Å²) in [6, 6.07) is 8.10. The molecule has 0 saturated heterocycles. The van der Waals surface area contributed by atoms with Crippen molar-refractivity contribution in [1.29, 1.82) is 0 Å². The van der Waals surface area contributed by atoms with Crippen LogP contribution in [0.3, 0.4) is 0 Å². The number of benzene rings is 1. The normalized spacial score (nSPS) is 13.1. The fourth-order valence-electron chi connectivity index (χ4n) is 2.18. The Balaban J connectivity index is 1.84. The van der Waals surface area contributed by atoms with E-state index < -0.39 is 30.0 Å². The van der Waals surface area contributed by atoms with Crippen LogP contribution in [0.25, 0.3) is 0 Å². The molecule has 0 saturated carbocycles. The number of aryl methyl sites for hydroxylation is 1. The number of amides is 2. The molecule has 122 valence electrons. The maximum absolute atomic E-state index is 12.4. The first-order valence-electron chi connectivity index (χ1n) is 6.87. The molecule has 24 heavy (non-hydrogen) atoms. The first-order chi connectivity index (χ1) is 11.5. The maximum atomic E-state index is 12.4. The molecule has 8 nitrogen and oxygen atoms in total. The van der Waals surface area contributed by atoms with Gasteiger partial charge in [0, 0.05) is 6.07 Å². The molecule has 2 aromatic rings. The van der Waals surface area contributed by atoms with Gasteiger partial charge in [-0.2, -0.15) is 5.10 Å². The van der Waals surface area contributed by atoms with Crippen LogP contribution < -0.4 is 5.56 Å². The Bertz CT molecular complexity index is 873. The molecule has 0 unspecified atom stereocenters. The molecule has 0 atom stereocenters. The van der Waals surface area contributed by atoms with E-state index in [0.29, 0.717) is 5.06 Å². The standard InChI is InChI=1S/C15H10FN3O5/c16-7-8-18-12(20)6-5-11(17-18)15(23)24-19-13(21)9-3-1-2-4-10(9)14(19)22/h1-6H,7-8H2. The molecule has 2 heterocycles. The van der Waals surface area contributed by atoms with Crippen LogP contribution in [-0.2, 0) is 11.4 Å². The van der Waals surface area contributed by atoms with Crippen molar-refractivity contribution in [3.8, 4) is 0 Å². The van der Waals surface area contributed by atoms with Crippen LogP contribution in [0.5, 0.6) is 0 Å². The van der Waals surface area contributed by atoms with Crippen molar-refractivity contribution >= 4 is 17.8 Å². The zero-order valence-corrected chi connectivity index (χ0v) is 12.1. The lowest BCUT2D eigenvalue weighted by molar-refractivity contribution is -0.0590. The predicted octanol–water partition coefficient (Wildman–Crippen LogP) is 0.581. The molecule has 0 spiro atoms. The zero-order valence-electron chi connectivity index (χ0n) is 12.1. The lowest BCUT2D eigenvalue weighted by Crippen LogP contribution is -2.34. The number of hydroxylamine groups is 2. The molecule has 0 aliphatic carbocycles. The third kappa shape index (κ3) is 2.56. The van der Waals surface area contributed by atoms with Gasteiger partial charge in [0.25, 0.3) is 17.4 Å². The number of halogens is 1. The smallest absolute Gasteiger partial charge is 0.322 e. The van der Waals surface area contributed by atoms with Gasteiger partial charge in [-0.1, -0.05) is 17.2 Å². The summed E-state index contributed by atoms with van der Waals surface area (Å²) < 4.78 is 13.1. The molecule has 1 aliphatic heterocycles. The van der Waals surface area contributed by atoms with Gasteiger partial charge in [-0.25, -0.2) is 13.9 Å². The van der Waals surface area contributed by atoms with Gasteiger partial charge in [0.1, 0.15) is 6.67 Å². The molecule has 2 amide bonds. The van der Waals surface area contributed by atoms with Crippen molar-refractivity contribution < 1.29 is 23.6 Å². The van der Waals surface area contributed by atoms with Crippen molar-refractivity contribution in [2.45, 2.75) is 6.54 Å². The number of nitrogens with zero attached hydrogens (tertiary/aromatic N) is 3. The molecular formula is C15H10FN3O5. The third-order valence-corrected chi connectivity index (χ3v) is 3.30. The number of hydrogen-bond acceptors (Lipinski definition) is 6. The molecule has 1 aliphatic rings. The van der Waals surface area contributed by atoms with E-state index in [1.807, 2.05) is 0 Å². The highest BCUT2D eigenvalue weighted by atomic mass is 19.1. The van der Waals surface area contributed by atoms with Crippen molar-refractivity contribution in [1.82, 2.24) is 14.8 Å². The van der Waals surface area contributed by atoms with Crippen LogP contribution in [0.2, 0.25) is 0 Å². The van der Waals surface area contributed by atoms with Crippen LogP contribution in [0.4, 0.5) is 4.39 Å². The second-order valence-corrected chi connectivity index (χ2v) is 4.80. The van der Waals surface area contributed by atoms with Gasteiger partial charge in [-0.15, -0.1) is 0 Å². The van der Waals surface area contributed by atoms with Gasteiger partial charge in [-0.05, 0) is 18.2 Å². The summed E-state index contributed by atoms with van der Waals surface area (Å²) in [6.45, 7) is -1.17. The summed E-state index contributed by atoms with van der Waals surface area (Å²) in [7, 11) is 0. The Labute approximate surface area is 134 Å². The zero-order chi connectivity index (χ0) is 17.3. The minimum Gasteiger partial charge on any atom is -0.322 e. The van der Waals surface area contributed by atoms with Gasteiger partial charge < -0.3 is 4.84 Å².